The monoisotopic (exact) mass is 177 g/mol. The zero-order valence-electron chi connectivity index (χ0n) is 7.66. The van der Waals surface area contributed by atoms with Gasteiger partial charge in [-0.2, -0.15) is 0 Å². The zero-order chi connectivity index (χ0) is 9.26. The SMILES string of the molecule is N[C@@H](CO)c1ccc2c(c1)CCC2. The van der Waals surface area contributed by atoms with Crippen LogP contribution < -0.4 is 5.73 Å². The van der Waals surface area contributed by atoms with Crippen LogP contribution in [0.4, 0.5) is 0 Å². The third-order valence-corrected chi connectivity index (χ3v) is 2.75. The molecular formula is C11H15NO. The van der Waals surface area contributed by atoms with Crippen molar-refractivity contribution in [2.75, 3.05) is 6.61 Å². The van der Waals surface area contributed by atoms with Crippen LogP contribution in [0.5, 0.6) is 0 Å². The van der Waals surface area contributed by atoms with Crippen molar-refractivity contribution in [3.05, 3.63) is 34.9 Å². The molecule has 1 aliphatic rings. The molecule has 2 heteroatoms. The molecule has 1 aromatic carbocycles. The third kappa shape index (κ3) is 1.60. The fourth-order valence-electron chi connectivity index (χ4n) is 1.93. The molecule has 0 spiro atoms. The molecule has 0 bridgehead atoms. The Bertz CT molecular complexity index is 309. The Morgan fingerprint density at radius 3 is 2.85 bits per heavy atom. The minimum Gasteiger partial charge on any atom is -0.394 e. The average Bonchev–Trinajstić information content (AvgIpc) is 2.63. The Kier molecular flexibility index (Phi) is 2.34. The van der Waals surface area contributed by atoms with E-state index in [1.54, 1.807) is 0 Å². The summed E-state index contributed by atoms with van der Waals surface area (Å²) < 4.78 is 0. The third-order valence-electron chi connectivity index (χ3n) is 2.75. The van der Waals surface area contributed by atoms with Gasteiger partial charge in [0.05, 0.1) is 12.6 Å². The van der Waals surface area contributed by atoms with Gasteiger partial charge in [-0.15, -0.1) is 0 Å². The van der Waals surface area contributed by atoms with E-state index in [-0.39, 0.29) is 12.6 Å². The molecular weight excluding hydrogens is 162 g/mol. The van der Waals surface area contributed by atoms with Gasteiger partial charge in [-0.05, 0) is 36.0 Å². The maximum absolute atomic E-state index is 8.91. The second kappa shape index (κ2) is 3.48. The molecule has 1 aromatic rings. The summed E-state index contributed by atoms with van der Waals surface area (Å²) in [4.78, 5) is 0. The van der Waals surface area contributed by atoms with Gasteiger partial charge < -0.3 is 10.8 Å². The lowest BCUT2D eigenvalue weighted by molar-refractivity contribution is 0.268. The molecule has 0 heterocycles. The number of hydrogen-bond donors (Lipinski definition) is 2. The number of hydrogen-bond acceptors (Lipinski definition) is 2. The predicted molar refractivity (Wildman–Crippen MR) is 52.5 cm³/mol. The Morgan fingerprint density at radius 2 is 2.08 bits per heavy atom. The van der Waals surface area contributed by atoms with E-state index in [1.165, 1.54) is 30.4 Å². The molecule has 0 aliphatic heterocycles. The molecule has 0 saturated carbocycles. The number of rotatable bonds is 2. The van der Waals surface area contributed by atoms with Crippen LogP contribution in [-0.4, -0.2) is 11.7 Å². The fraction of sp³-hybridized carbons (Fsp3) is 0.455. The van der Waals surface area contributed by atoms with E-state index >= 15 is 0 Å². The van der Waals surface area contributed by atoms with E-state index in [0.717, 1.165) is 5.56 Å². The van der Waals surface area contributed by atoms with Crippen LogP contribution in [0.2, 0.25) is 0 Å². The van der Waals surface area contributed by atoms with Gasteiger partial charge in [0.2, 0.25) is 0 Å². The van der Waals surface area contributed by atoms with Gasteiger partial charge in [-0.25, -0.2) is 0 Å². The minimum atomic E-state index is -0.217. The highest BCUT2D eigenvalue weighted by molar-refractivity contribution is 5.36. The van der Waals surface area contributed by atoms with Crippen molar-refractivity contribution in [1.82, 2.24) is 0 Å². The topological polar surface area (TPSA) is 46.2 Å². The van der Waals surface area contributed by atoms with Crippen molar-refractivity contribution in [1.29, 1.82) is 0 Å². The summed E-state index contributed by atoms with van der Waals surface area (Å²) >= 11 is 0. The van der Waals surface area contributed by atoms with Crippen LogP contribution in [-0.2, 0) is 12.8 Å². The molecule has 2 rings (SSSR count). The van der Waals surface area contributed by atoms with Gasteiger partial charge >= 0.3 is 0 Å². The number of nitrogens with two attached hydrogens (primary N) is 1. The second-order valence-electron chi connectivity index (χ2n) is 3.67. The van der Waals surface area contributed by atoms with Gasteiger partial charge in [0, 0.05) is 0 Å². The van der Waals surface area contributed by atoms with Crippen molar-refractivity contribution in [3.63, 3.8) is 0 Å². The minimum absolute atomic E-state index is 0.0266. The van der Waals surface area contributed by atoms with Gasteiger partial charge in [0.15, 0.2) is 0 Å². The Balaban J connectivity index is 2.30. The van der Waals surface area contributed by atoms with Crippen molar-refractivity contribution in [2.45, 2.75) is 25.3 Å². The fourth-order valence-corrected chi connectivity index (χ4v) is 1.93. The van der Waals surface area contributed by atoms with Crippen LogP contribution in [0.15, 0.2) is 18.2 Å². The highest BCUT2D eigenvalue weighted by Gasteiger charge is 2.12. The van der Waals surface area contributed by atoms with Crippen molar-refractivity contribution in [2.24, 2.45) is 5.73 Å². The van der Waals surface area contributed by atoms with Crippen LogP contribution >= 0.6 is 0 Å². The van der Waals surface area contributed by atoms with E-state index in [1.807, 2.05) is 6.07 Å². The van der Waals surface area contributed by atoms with Gasteiger partial charge in [-0.1, -0.05) is 18.2 Å². The maximum atomic E-state index is 8.91. The van der Waals surface area contributed by atoms with E-state index in [0.29, 0.717) is 0 Å². The lowest BCUT2D eigenvalue weighted by Gasteiger charge is -2.10. The summed E-state index contributed by atoms with van der Waals surface area (Å²) in [5.41, 5.74) is 9.67. The number of aryl methyl sites for hydroxylation is 2. The highest BCUT2D eigenvalue weighted by Crippen LogP contribution is 2.24. The molecule has 0 saturated heterocycles. The van der Waals surface area contributed by atoms with Crippen molar-refractivity contribution >= 4 is 0 Å². The molecule has 0 fully saturated rings. The largest absolute Gasteiger partial charge is 0.394 e. The van der Waals surface area contributed by atoms with Gasteiger partial charge in [0.25, 0.3) is 0 Å². The highest BCUT2D eigenvalue weighted by atomic mass is 16.3. The van der Waals surface area contributed by atoms with E-state index < -0.39 is 0 Å². The molecule has 2 nitrogen and oxygen atoms in total. The lowest BCUT2D eigenvalue weighted by Crippen LogP contribution is -2.14. The first-order valence-corrected chi connectivity index (χ1v) is 4.79. The lowest BCUT2D eigenvalue weighted by atomic mass is 10.0. The first-order valence-electron chi connectivity index (χ1n) is 4.79. The Morgan fingerprint density at radius 1 is 1.31 bits per heavy atom. The number of fused-ring (bicyclic) bond motifs is 1. The number of aliphatic hydroxyl groups excluding tert-OH is 1. The van der Waals surface area contributed by atoms with E-state index in [2.05, 4.69) is 12.1 Å². The summed E-state index contributed by atoms with van der Waals surface area (Å²) in [7, 11) is 0. The molecule has 1 atom stereocenters. The first kappa shape index (κ1) is 8.73. The summed E-state index contributed by atoms with van der Waals surface area (Å²) in [5, 5.41) is 8.91. The molecule has 13 heavy (non-hydrogen) atoms. The predicted octanol–water partition coefficient (Wildman–Crippen LogP) is 1.17. The Labute approximate surface area is 78.4 Å². The summed E-state index contributed by atoms with van der Waals surface area (Å²) in [5.74, 6) is 0. The smallest absolute Gasteiger partial charge is 0.0624 e. The van der Waals surface area contributed by atoms with Crippen LogP contribution in [0.25, 0.3) is 0 Å². The van der Waals surface area contributed by atoms with Gasteiger partial charge in [0.1, 0.15) is 0 Å². The quantitative estimate of drug-likeness (QED) is 0.712. The second-order valence-corrected chi connectivity index (χ2v) is 3.67. The average molecular weight is 177 g/mol. The van der Waals surface area contributed by atoms with Crippen LogP contribution in [0.3, 0.4) is 0 Å². The summed E-state index contributed by atoms with van der Waals surface area (Å²) in [6.45, 7) is 0.0266. The molecule has 0 amide bonds. The van der Waals surface area contributed by atoms with E-state index in [4.69, 9.17) is 10.8 Å². The molecule has 0 unspecified atom stereocenters. The van der Waals surface area contributed by atoms with E-state index in [9.17, 15) is 0 Å². The number of aliphatic hydroxyl groups is 1. The molecule has 0 radical (unpaired) electrons. The summed E-state index contributed by atoms with van der Waals surface area (Å²) in [6, 6.07) is 6.10. The van der Waals surface area contributed by atoms with Gasteiger partial charge in [-0.3, -0.25) is 0 Å². The first-order chi connectivity index (χ1) is 6.31. The number of benzene rings is 1. The van der Waals surface area contributed by atoms with Crippen LogP contribution in [0, 0.1) is 0 Å². The van der Waals surface area contributed by atoms with Crippen LogP contribution in [0.1, 0.15) is 29.2 Å². The zero-order valence-corrected chi connectivity index (χ0v) is 7.66. The Hall–Kier alpha value is -0.860. The molecule has 3 N–H and O–H groups in total. The maximum Gasteiger partial charge on any atom is 0.0624 e. The molecule has 1 aliphatic carbocycles. The van der Waals surface area contributed by atoms with Crippen molar-refractivity contribution in [3.8, 4) is 0 Å². The molecule has 70 valence electrons. The summed E-state index contributed by atoms with van der Waals surface area (Å²) in [6.07, 6.45) is 3.62. The van der Waals surface area contributed by atoms with Crippen molar-refractivity contribution < 1.29 is 5.11 Å². The molecule has 0 aromatic heterocycles. The standard InChI is InChI=1S/C11H15NO/c12-11(7-13)10-5-4-8-2-1-3-9(8)6-10/h4-6,11,13H,1-3,7,12H2/t11-/m0/s1. The normalized spacial score (nSPS) is 17.1.